The third kappa shape index (κ3) is 2.22. The Balaban J connectivity index is 2.61. The Morgan fingerprint density at radius 2 is 1.94 bits per heavy atom. The predicted molar refractivity (Wildman–Crippen MR) is 74.2 cm³/mol. The minimum absolute atomic E-state index is 0.908. The van der Waals surface area contributed by atoms with Gasteiger partial charge in [-0.15, -0.1) is 0 Å². The van der Waals surface area contributed by atoms with E-state index in [2.05, 4.69) is 61.4 Å². The number of fused-ring (bicyclic) bond motifs is 1. The maximum Gasteiger partial charge on any atom is 0.0930 e. The fourth-order valence-electron chi connectivity index (χ4n) is 2.16. The predicted octanol–water partition coefficient (Wildman–Crippen LogP) is 3.99. The Bertz CT molecular complexity index is 579. The second-order valence-corrected chi connectivity index (χ2v) is 4.18. The van der Waals surface area contributed by atoms with Crippen LogP contribution >= 0.6 is 0 Å². The Morgan fingerprint density at radius 3 is 2.59 bits per heavy atom. The Hall–Kier alpha value is -1.68. The van der Waals surface area contributed by atoms with Crippen molar-refractivity contribution < 1.29 is 0 Å². The van der Waals surface area contributed by atoms with Crippen molar-refractivity contribution >= 4 is 10.9 Å². The van der Waals surface area contributed by atoms with Crippen LogP contribution < -0.4 is 0 Å². The van der Waals surface area contributed by atoms with Crippen molar-refractivity contribution in [3.05, 3.63) is 35.5 Å². The van der Waals surface area contributed by atoms with Crippen LogP contribution in [-0.4, -0.2) is 4.57 Å². The largest absolute Gasteiger partial charge is 0.334 e. The monoisotopic (exact) mass is 225 g/mol. The molecular formula is C16H19N. The molecule has 88 valence electrons. The summed E-state index contributed by atoms with van der Waals surface area (Å²) in [7, 11) is 0. The molecular weight excluding hydrogens is 206 g/mol. The van der Waals surface area contributed by atoms with Crippen LogP contribution in [0.4, 0.5) is 0 Å². The van der Waals surface area contributed by atoms with Gasteiger partial charge in [0.25, 0.3) is 0 Å². The first-order valence-electron chi connectivity index (χ1n) is 6.41. The van der Waals surface area contributed by atoms with Crippen LogP contribution in [0.1, 0.15) is 38.4 Å². The van der Waals surface area contributed by atoms with E-state index in [1.54, 1.807) is 0 Å². The first-order chi connectivity index (χ1) is 8.30. The lowest BCUT2D eigenvalue weighted by Crippen LogP contribution is -1.96. The topological polar surface area (TPSA) is 4.93 Å². The number of rotatable bonds is 2. The van der Waals surface area contributed by atoms with Crippen LogP contribution in [0, 0.1) is 11.8 Å². The number of nitrogens with zero attached hydrogens (tertiary/aromatic N) is 1. The lowest BCUT2D eigenvalue weighted by atomic mass is 10.1. The molecule has 0 saturated heterocycles. The summed E-state index contributed by atoms with van der Waals surface area (Å²) < 4.78 is 2.29. The van der Waals surface area contributed by atoms with Crippen molar-refractivity contribution in [3.63, 3.8) is 0 Å². The molecule has 0 atom stereocenters. The van der Waals surface area contributed by atoms with Gasteiger partial charge < -0.3 is 4.57 Å². The lowest BCUT2D eigenvalue weighted by molar-refractivity contribution is 0.787. The highest BCUT2D eigenvalue weighted by atomic mass is 15.0. The van der Waals surface area contributed by atoms with Crippen LogP contribution in [0.3, 0.4) is 0 Å². The zero-order valence-electron chi connectivity index (χ0n) is 10.9. The van der Waals surface area contributed by atoms with Crippen molar-refractivity contribution in [2.24, 2.45) is 0 Å². The number of hydrogen-bond donors (Lipinski definition) is 0. The molecule has 0 aliphatic rings. The van der Waals surface area contributed by atoms with Crippen LogP contribution in [0.2, 0.25) is 0 Å². The first-order valence-corrected chi connectivity index (χ1v) is 6.41. The van der Waals surface area contributed by atoms with Crippen molar-refractivity contribution in [3.8, 4) is 11.8 Å². The van der Waals surface area contributed by atoms with Gasteiger partial charge in [-0.2, -0.15) is 0 Å². The molecule has 0 aliphatic heterocycles. The Labute approximate surface area is 103 Å². The quantitative estimate of drug-likeness (QED) is 0.681. The molecule has 1 nitrogen and oxygen atoms in total. The van der Waals surface area contributed by atoms with E-state index in [1.165, 1.54) is 16.5 Å². The van der Waals surface area contributed by atoms with Gasteiger partial charge in [0.2, 0.25) is 0 Å². The van der Waals surface area contributed by atoms with E-state index in [-0.39, 0.29) is 0 Å². The van der Waals surface area contributed by atoms with Crippen molar-refractivity contribution in [2.75, 3.05) is 0 Å². The molecule has 17 heavy (non-hydrogen) atoms. The van der Waals surface area contributed by atoms with Gasteiger partial charge in [0.1, 0.15) is 0 Å². The van der Waals surface area contributed by atoms with Crippen LogP contribution in [-0.2, 0) is 13.0 Å². The average Bonchev–Trinajstić information content (AvgIpc) is 2.72. The van der Waals surface area contributed by atoms with Gasteiger partial charge in [0, 0.05) is 23.9 Å². The SMILES string of the molecule is CCC#Cc1cc2cc(CC)ccc2n1CC. The molecule has 0 bridgehead atoms. The zero-order chi connectivity index (χ0) is 12.3. The number of aryl methyl sites for hydroxylation is 2. The molecule has 1 heterocycles. The molecule has 0 saturated carbocycles. The summed E-state index contributed by atoms with van der Waals surface area (Å²) in [5.41, 5.74) is 3.82. The van der Waals surface area contributed by atoms with Crippen molar-refractivity contribution in [2.45, 2.75) is 40.2 Å². The number of benzene rings is 1. The highest BCUT2D eigenvalue weighted by Gasteiger charge is 2.05. The minimum Gasteiger partial charge on any atom is -0.334 e. The van der Waals surface area contributed by atoms with E-state index in [0.717, 1.165) is 25.1 Å². The van der Waals surface area contributed by atoms with Gasteiger partial charge in [-0.25, -0.2) is 0 Å². The average molecular weight is 225 g/mol. The summed E-state index contributed by atoms with van der Waals surface area (Å²) in [4.78, 5) is 0. The van der Waals surface area contributed by atoms with Gasteiger partial charge in [-0.05, 0) is 43.0 Å². The van der Waals surface area contributed by atoms with E-state index < -0.39 is 0 Å². The summed E-state index contributed by atoms with van der Waals surface area (Å²) in [6.07, 6.45) is 1.99. The lowest BCUT2D eigenvalue weighted by Gasteiger charge is -2.03. The second-order valence-electron chi connectivity index (χ2n) is 4.18. The van der Waals surface area contributed by atoms with Crippen molar-refractivity contribution in [1.29, 1.82) is 0 Å². The molecule has 0 unspecified atom stereocenters. The van der Waals surface area contributed by atoms with Crippen LogP contribution in [0.5, 0.6) is 0 Å². The summed E-state index contributed by atoms with van der Waals surface area (Å²) in [5.74, 6) is 6.41. The molecule has 2 aromatic rings. The van der Waals surface area contributed by atoms with Crippen molar-refractivity contribution in [1.82, 2.24) is 4.57 Å². The molecule has 0 amide bonds. The fraction of sp³-hybridized carbons (Fsp3) is 0.375. The zero-order valence-corrected chi connectivity index (χ0v) is 10.9. The molecule has 0 fully saturated rings. The fourth-order valence-corrected chi connectivity index (χ4v) is 2.16. The first kappa shape index (κ1) is 11.8. The molecule has 0 spiro atoms. The Kier molecular flexibility index (Phi) is 3.54. The molecule has 1 aromatic heterocycles. The van der Waals surface area contributed by atoms with E-state index in [0.29, 0.717) is 0 Å². The molecule has 1 heteroatoms. The van der Waals surface area contributed by atoms with Gasteiger partial charge in [0.05, 0.1) is 5.69 Å². The summed E-state index contributed by atoms with van der Waals surface area (Å²) >= 11 is 0. The third-order valence-electron chi connectivity index (χ3n) is 3.08. The summed E-state index contributed by atoms with van der Waals surface area (Å²) in [5, 5.41) is 1.31. The Morgan fingerprint density at radius 1 is 1.12 bits per heavy atom. The maximum atomic E-state index is 3.25. The summed E-state index contributed by atoms with van der Waals surface area (Å²) in [6, 6.07) is 8.92. The van der Waals surface area contributed by atoms with Gasteiger partial charge in [-0.1, -0.05) is 25.8 Å². The normalized spacial score (nSPS) is 10.3. The van der Waals surface area contributed by atoms with Gasteiger partial charge in [-0.3, -0.25) is 0 Å². The minimum atomic E-state index is 0.908. The molecule has 0 radical (unpaired) electrons. The molecule has 1 aromatic carbocycles. The smallest absolute Gasteiger partial charge is 0.0930 e. The maximum absolute atomic E-state index is 3.25. The molecule has 0 N–H and O–H groups in total. The van der Waals surface area contributed by atoms with E-state index >= 15 is 0 Å². The number of aromatic nitrogens is 1. The standard InChI is InChI=1S/C16H19N/c1-4-7-8-15-12-14-11-13(5-2)9-10-16(14)17(15)6-3/h9-12H,4-6H2,1-3H3. The van der Waals surface area contributed by atoms with E-state index in [4.69, 9.17) is 0 Å². The number of hydrogen-bond acceptors (Lipinski definition) is 0. The molecule has 2 rings (SSSR count). The third-order valence-corrected chi connectivity index (χ3v) is 3.08. The summed E-state index contributed by atoms with van der Waals surface area (Å²) in [6.45, 7) is 7.42. The highest BCUT2D eigenvalue weighted by molar-refractivity contribution is 5.83. The highest BCUT2D eigenvalue weighted by Crippen LogP contribution is 2.21. The van der Waals surface area contributed by atoms with Crippen LogP contribution in [0.15, 0.2) is 24.3 Å². The van der Waals surface area contributed by atoms with Crippen LogP contribution in [0.25, 0.3) is 10.9 Å². The van der Waals surface area contributed by atoms with Gasteiger partial charge >= 0.3 is 0 Å². The second kappa shape index (κ2) is 5.10. The van der Waals surface area contributed by atoms with E-state index in [9.17, 15) is 0 Å². The van der Waals surface area contributed by atoms with E-state index in [1.807, 2.05) is 0 Å². The molecule has 0 aliphatic carbocycles. The van der Waals surface area contributed by atoms with Gasteiger partial charge in [0.15, 0.2) is 0 Å².